The van der Waals surface area contributed by atoms with Crippen molar-refractivity contribution in [3.05, 3.63) is 59.7 Å². The van der Waals surface area contributed by atoms with E-state index in [9.17, 15) is 8.78 Å². The van der Waals surface area contributed by atoms with E-state index < -0.39 is 11.6 Å². The number of rotatable bonds is 5. The van der Waals surface area contributed by atoms with Gasteiger partial charge in [-0.3, -0.25) is 0 Å². The summed E-state index contributed by atoms with van der Waals surface area (Å²) in [6, 6.07) is 12.0. The molecule has 5 heteroatoms. The molecule has 108 valence electrons. The summed E-state index contributed by atoms with van der Waals surface area (Å²) in [4.78, 5) is 0. The predicted molar refractivity (Wildman–Crippen MR) is 75.9 cm³/mol. The fourth-order valence-corrected chi connectivity index (χ4v) is 1.89. The number of anilines is 1. The lowest BCUT2D eigenvalue weighted by atomic mass is 10.1. The standard InChI is InChI=1S/C16H14F2N2O/c1-11(20-16-10-13(17)4-7-15(16)18)12-2-5-14(6-3-12)21-9-8-19/h2-7,10-11,20H,9H2,1H3. The molecule has 0 aliphatic heterocycles. The maximum atomic E-state index is 13.6. The minimum Gasteiger partial charge on any atom is -0.479 e. The van der Waals surface area contributed by atoms with Crippen LogP contribution in [0.4, 0.5) is 14.5 Å². The number of hydrogen-bond acceptors (Lipinski definition) is 3. The van der Waals surface area contributed by atoms with E-state index in [2.05, 4.69) is 5.32 Å². The molecule has 0 fully saturated rings. The van der Waals surface area contributed by atoms with Crippen molar-refractivity contribution in [3.8, 4) is 11.8 Å². The van der Waals surface area contributed by atoms with Crippen LogP contribution in [0.15, 0.2) is 42.5 Å². The molecule has 0 aliphatic carbocycles. The van der Waals surface area contributed by atoms with Crippen LogP contribution in [0.1, 0.15) is 18.5 Å². The van der Waals surface area contributed by atoms with Crippen molar-refractivity contribution in [1.29, 1.82) is 5.26 Å². The molecule has 1 unspecified atom stereocenters. The molecule has 2 aromatic rings. The van der Waals surface area contributed by atoms with Crippen LogP contribution < -0.4 is 10.1 Å². The first-order valence-electron chi connectivity index (χ1n) is 6.41. The zero-order valence-corrected chi connectivity index (χ0v) is 11.4. The number of nitrogens with zero attached hydrogens (tertiary/aromatic N) is 1. The van der Waals surface area contributed by atoms with Gasteiger partial charge in [0.25, 0.3) is 0 Å². The highest BCUT2D eigenvalue weighted by Gasteiger charge is 2.09. The van der Waals surface area contributed by atoms with Crippen molar-refractivity contribution in [2.75, 3.05) is 11.9 Å². The zero-order valence-electron chi connectivity index (χ0n) is 11.4. The smallest absolute Gasteiger partial charge is 0.174 e. The van der Waals surface area contributed by atoms with Crippen molar-refractivity contribution < 1.29 is 13.5 Å². The average Bonchev–Trinajstić information content (AvgIpc) is 2.49. The summed E-state index contributed by atoms with van der Waals surface area (Å²) < 4.78 is 31.8. The molecule has 21 heavy (non-hydrogen) atoms. The predicted octanol–water partition coefficient (Wildman–Crippen LogP) is 4.04. The van der Waals surface area contributed by atoms with Crippen LogP contribution in [0, 0.1) is 23.0 Å². The third kappa shape index (κ3) is 3.93. The van der Waals surface area contributed by atoms with Gasteiger partial charge in [-0.05, 0) is 42.8 Å². The molecule has 1 atom stereocenters. The third-order valence-corrected chi connectivity index (χ3v) is 2.98. The topological polar surface area (TPSA) is 45.0 Å². The van der Waals surface area contributed by atoms with E-state index in [1.54, 1.807) is 12.1 Å². The summed E-state index contributed by atoms with van der Waals surface area (Å²) in [5.74, 6) is -0.409. The van der Waals surface area contributed by atoms with E-state index in [-0.39, 0.29) is 18.3 Å². The fourth-order valence-electron chi connectivity index (χ4n) is 1.89. The summed E-state index contributed by atoms with van der Waals surface area (Å²) in [6.45, 7) is 1.83. The fraction of sp³-hybridized carbons (Fsp3) is 0.188. The Kier molecular flexibility index (Phi) is 4.72. The van der Waals surface area contributed by atoms with Crippen LogP contribution in [0.5, 0.6) is 5.75 Å². The van der Waals surface area contributed by atoms with E-state index in [1.165, 1.54) is 0 Å². The first-order valence-corrected chi connectivity index (χ1v) is 6.41. The number of hydrogen-bond donors (Lipinski definition) is 1. The molecule has 0 amide bonds. The molecule has 2 aromatic carbocycles. The van der Waals surface area contributed by atoms with Gasteiger partial charge in [0.15, 0.2) is 6.61 Å². The minimum atomic E-state index is -0.503. The lowest BCUT2D eigenvalue weighted by Crippen LogP contribution is -2.08. The highest BCUT2D eigenvalue weighted by Crippen LogP contribution is 2.24. The number of nitriles is 1. The summed E-state index contributed by atoms with van der Waals surface area (Å²) in [5.41, 5.74) is 1.01. The largest absolute Gasteiger partial charge is 0.479 e. The highest BCUT2D eigenvalue weighted by molar-refractivity contribution is 5.47. The summed E-state index contributed by atoms with van der Waals surface area (Å²) >= 11 is 0. The molecule has 0 spiro atoms. The summed E-state index contributed by atoms with van der Waals surface area (Å²) in [6.07, 6.45) is 0. The van der Waals surface area contributed by atoms with E-state index in [0.29, 0.717) is 5.75 Å². The first-order chi connectivity index (χ1) is 10.1. The summed E-state index contributed by atoms with van der Waals surface area (Å²) in [7, 11) is 0. The molecule has 0 saturated carbocycles. The van der Waals surface area contributed by atoms with Crippen molar-refractivity contribution in [2.24, 2.45) is 0 Å². The molecule has 1 N–H and O–H groups in total. The Labute approximate surface area is 121 Å². The highest BCUT2D eigenvalue weighted by atomic mass is 19.1. The third-order valence-electron chi connectivity index (χ3n) is 2.98. The summed E-state index contributed by atoms with van der Waals surface area (Å²) in [5, 5.41) is 11.4. The Balaban J connectivity index is 2.08. The molecule has 0 radical (unpaired) electrons. The number of ether oxygens (including phenoxy) is 1. The Bertz CT molecular complexity index is 650. The Morgan fingerprint density at radius 1 is 1.19 bits per heavy atom. The van der Waals surface area contributed by atoms with E-state index >= 15 is 0 Å². The van der Waals surface area contributed by atoms with Gasteiger partial charge >= 0.3 is 0 Å². The van der Waals surface area contributed by atoms with Gasteiger partial charge in [0, 0.05) is 6.04 Å². The maximum absolute atomic E-state index is 13.6. The lowest BCUT2D eigenvalue weighted by Gasteiger charge is -2.16. The molecular formula is C16H14F2N2O. The monoisotopic (exact) mass is 288 g/mol. The molecule has 0 saturated heterocycles. The SMILES string of the molecule is CC(Nc1cc(F)ccc1F)c1ccc(OCC#N)cc1. The number of benzene rings is 2. The number of halogens is 2. The first kappa shape index (κ1) is 14.8. The van der Waals surface area contributed by atoms with Crippen LogP contribution in [0.3, 0.4) is 0 Å². The van der Waals surface area contributed by atoms with Crippen molar-refractivity contribution in [3.63, 3.8) is 0 Å². The quantitative estimate of drug-likeness (QED) is 0.903. The van der Waals surface area contributed by atoms with Gasteiger partial charge in [-0.15, -0.1) is 0 Å². The van der Waals surface area contributed by atoms with Crippen molar-refractivity contribution >= 4 is 5.69 Å². The van der Waals surface area contributed by atoms with Gasteiger partial charge in [0.1, 0.15) is 23.5 Å². The molecular weight excluding hydrogens is 274 g/mol. The molecule has 0 aliphatic rings. The van der Waals surface area contributed by atoms with Gasteiger partial charge in [-0.1, -0.05) is 12.1 Å². The molecule has 2 rings (SSSR count). The maximum Gasteiger partial charge on any atom is 0.174 e. The Morgan fingerprint density at radius 3 is 2.57 bits per heavy atom. The van der Waals surface area contributed by atoms with E-state index in [0.717, 1.165) is 23.8 Å². The van der Waals surface area contributed by atoms with Crippen molar-refractivity contribution in [2.45, 2.75) is 13.0 Å². The zero-order chi connectivity index (χ0) is 15.2. The second-order valence-corrected chi connectivity index (χ2v) is 4.51. The van der Waals surface area contributed by atoms with Crippen LogP contribution in [0.2, 0.25) is 0 Å². The van der Waals surface area contributed by atoms with Crippen LogP contribution >= 0.6 is 0 Å². The van der Waals surface area contributed by atoms with Crippen LogP contribution in [-0.4, -0.2) is 6.61 Å². The average molecular weight is 288 g/mol. The Hall–Kier alpha value is -2.61. The molecule has 0 bridgehead atoms. The normalized spacial score (nSPS) is 11.5. The molecule has 0 heterocycles. The molecule has 0 aromatic heterocycles. The minimum absolute atomic E-state index is 0.0122. The Morgan fingerprint density at radius 2 is 1.90 bits per heavy atom. The lowest BCUT2D eigenvalue weighted by molar-refractivity contribution is 0.368. The van der Waals surface area contributed by atoms with Crippen LogP contribution in [0.25, 0.3) is 0 Å². The van der Waals surface area contributed by atoms with Crippen molar-refractivity contribution in [1.82, 2.24) is 0 Å². The number of nitrogens with one attached hydrogen (secondary N) is 1. The van der Waals surface area contributed by atoms with Gasteiger partial charge in [0.2, 0.25) is 0 Å². The van der Waals surface area contributed by atoms with Gasteiger partial charge in [-0.2, -0.15) is 5.26 Å². The van der Waals surface area contributed by atoms with Gasteiger partial charge in [0.05, 0.1) is 5.69 Å². The second kappa shape index (κ2) is 6.71. The second-order valence-electron chi connectivity index (χ2n) is 4.51. The van der Waals surface area contributed by atoms with Gasteiger partial charge in [-0.25, -0.2) is 8.78 Å². The van der Waals surface area contributed by atoms with Gasteiger partial charge < -0.3 is 10.1 Å². The molecule has 3 nitrogen and oxygen atoms in total. The van der Waals surface area contributed by atoms with E-state index in [4.69, 9.17) is 10.00 Å². The van der Waals surface area contributed by atoms with E-state index in [1.807, 2.05) is 25.1 Å². The van der Waals surface area contributed by atoms with Crippen LogP contribution in [-0.2, 0) is 0 Å².